The zero-order valence-corrected chi connectivity index (χ0v) is 16.5. The number of nitrogen functional groups attached to an aromatic ring is 1. The first kappa shape index (κ1) is 20.5. The summed E-state index contributed by atoms with van der Waals surface area (Å²) in [6, 6.07) is 13.1. The number of amides is 2. The van der Waals surface area contributed by atoms with Crippen LogP contribution in [0, 0.1) is 0 Å². The van der Waals surface area contributed by atoms with Crippen LogP contribution in [0.4, 0.5) is 35.2 Å². The second kappa shape index (κ2) is 7.84. The van der Waals surface area contributed by atoms with E-state index in [2.05, 4.69) is 15.6 Å². The summed E-state index contributed by atoms with van der Waals surface area (Å²) in [5.41, 5.74) is 7.01. The summed E-state index contributed by atoms with van der Waals surface area (Å²) < 4.78 is 40.8. The van der Waals surface area contributed by atoms with Crippen LogP contribution in [0.3, 0.4) is 0 Å². The fourth-order valence-electron chi connectivity index (χ4n) is 3.13. The first-order valence-electron chi connectivity index (χ1n) is 8.99. The summed E-state index contributed by atoms with van der Waals surface area (Å²) in [5.74, 6) is 0.432. The third-order valence-electron chi connectivity index (χ3n) is 4.58. The van der Waals surface area contributed by atoms with Crippen LogP contribution in [0.2, 0.25) is 5.02 Å². The highest BCUT2D eigenvalue weighted by Crippen LogP contribution is 2.36. The van der Waals surface area contributed by atoms with Gasteiger partial charge in [-0.05, 0) is 54.6 Å². The van der Waals surface area contributed by atoms with Gasteiger partial charge in [0.2, 0.25) is 0 Å². The molecule has 0 saturated heterocycles. The summed E-state index contributed by atoms with van der Waals surface area (Å²) in [6.07, 6.45) is -1.14. The molecule has 10 heteroatoms. The third kappa shape index (κ3) is 4.26. The molecule has 0 radical (unpaired) electrons. The maximum absolute atomic E-state index is 13.0. The number of nitrogens with zero attached hydrogens (tertiary/aromatic N) is 2. The van der Waals surface area contributed by atoms with Gasteiger partial charge in [-0.1, -0.05) is 11.6 Å². The van der Waals surface area contributed by atoms with Crippen molar-refractivity contribution >= 4 is 45.7 Å². The lowest BCUT2D eigenvalue weighted by Crippen LogP contribution is -2.20. The number of benzene rings is 2. The molecule has 0 aliphatic heterocycles. The van der Waals surface area contributed by atoms with Crippen molar-refractivity contribution in [2.24, 2.45) is 0 Å². The van der Waals surface area contributed by atoms with Crippen LogP contribution in [-0.4, -0.2) is 15.6 Å². The molecule has 0 saturated carbocycles. The number of hydrogen-bond donors (Lipinski definition) is 3. The Morgan fingerprint density at radius 3 is 2.39 bits per heavy atom. The van der Waals surface area contributed by atoms with E-state index in [0.717, 1.165) is 28.7 Å². The maximum atomic E-state index is 13.0. The Morgan fingerprint density at radius 2 is 1.68 bits per heavy atom. The van der Waals surface area contributed by atoms with E-state index in [-0.39, 0.29) is 5.69 Å². The van der Waals surface area contributed by atoms with Crippen molar-refractivity contribution in [2.75, 3.05) is 16.4 Å². The Balaban J connectivity index is 1.48. The standard InChI is InChI=1S/C21H15ClF3N5O/c22-17-6-3-13(11-16(17)21(23,24)25)29-20(31)28-12-1-4-14(5-2-12)30-10-8-15-18(30)7-9-27-19(15)26/h1-11H,(H2,26,27)(H2,28,29,31). The van der Waals surface area contributed by atoms with Gasteiger partial charge in [-0.25, -0.2) is 9.78 Å². The zero-order valence-electron chi connectivity index (χ0n) is 15.7. The van der Waals surface area contributed by atoms with E-state index in [0.29, 0.717) is 11.5 Å². The number of anilines is 3. The van der Waals surface area contributed by atoms with E-state index >= 15 is 0 Å². The van der Waals surface area contributed by atoms with Crippen LogP contribution in [0.5, 0.6) is 0 Å². The molecular formula is C21H15ClF3N5O. The summed E-state index contributed by atoms with van der Waals surface area (Å²) in [6.45, 7) is 0. The predicted molar refractivity (Wildman–Crippen MR) is 115 cm³/mol. The smallest absolute Gasteiger partial charge is 0.383 e. The minimum atomic E-state index is -4.62. The van der Waals surface area contributed by atoms with E-state index in [1.54, 1.807) is 30.5 Å². The molecule has 0 spiro atoms. The van der Waals surface area contributed by atoms with Crippen molar-refractivity contribution in [1.29, 1.82) is 0 Å². The number of halogens is 4. The Bertz CT molecular complexity index is 1270. The molecule has 0 aliphatic rings. The van der Waals surface area contributed by atoms with E-state index < -0.39 is 22.8 Å². The van der Waals surface area contributed by atoms with Crippen molar-refractivity contribution in [3.63, 3.8) is 0 Å². The van der Waals surface area contributed by atoms with Gasteiger partial charge in [0.1, 0.15) is 5.82 Å². The SMILES string of the molecule is Nc1nccc2c1ccn2-c1ccc(NC(=O)Nc2ccc(Cl)c(C(F)(F)F)c2)cc1. The molecule has 31 heavy (non-hydrogen) atoms. The molecule has 158 valence electrons. The van der Waals surface area contributed by atoms with Gasteiger partial charge in [0.25, 0.3) is 0 Å². The van der Waals surface area contributed by atoms with Crippen LogP contribution in [0.1, 0.15) is 5.56 Å². The van der Waals surface area contributed by atoms with Crippen LogP contribution in [-0.2, 0) is 6.18 Å². The summed E-state index contributed by atoms with van der Waals surface area (Å²) in [7, 11) is 0. The lowest BCUT2D eigenvalue weighted by Gasteiger charge is -2.13. The molecule has 0 fully saturated rings. The van der Waals surface area contributed by atoms with E-state index in [1.165, 1.54) is 6.07 Å². The van der Waals surface area contributed by atoms with E-state index in [4.69, 9.17) is 17.3 Å². The molecule has 2 amide bonds. The van der Waals surface area contributed by atoms with Gasteiger partial charge in [0.15, 0.2) is 0 Å². The number of nitrogens with two attached hydrogens (primary N) is 1. The average molecular weight is 446 g/mol. The molecule has 0 atom stereocenters. The van der Waals surface area contributed by atoms with Crippen LogP contribution >= 0.6 is 11.6 Å². The molecular weight excluding hydrogens is 431 g/mol. The molecule has 0 bridgehead atoms. The first-order chi connectivity index (χ1) is 14.7. The number of urea groups is 1. The molecule has 0 unspecified atom stereocenters. The molecule has 6 nitrogen and oxygen atoms in total. The Morgan fingerprint density at radius 1 is 1.00 bits per heavy atom. The number of nitrogens with one attached hydrogen (secondary N) is 2. The van der Waals surface area contributed by atoms with Gasteiger partial charge in [0, 0.05) is 34.8 Å². The highest BCUT2D eigenvalue weighted by molar-refractivity contribution is 6.31. The number of carbonyl (C=O) groups excluding carboxylic acids is 1. The highest BCUT2D eigenvalue weighted by atomic mass is 35.5. The number of aromatic nitrogens is 2. The van der Waals surface area contributed by atoms with Gasteiger partial charge in [0.05, 0.1) is 16.1 Å². The van der Waals surface area contributed by atoms with Crippen LogP contribution < -0.4 is 16.4 Å². The average Bonchev–Trinajstić information content (AvgIpc) is 3.15. The minimum absolute atomic E-state index is 0.0316. The second-order valence-electron chi connectivity index (χ2n) is 6.63. The second-order valence-corrected chi connectivity index (χ2v) is 7.04. The Hall–Kier alpha value is -3.72. The molecule has 2 aromatic heterocycles. The zero-order chi connectivity index (χ0) is 22.2. The Kier molecular flexibility index (Phi) is 5.20. The largest absolute Gasteiger partial charge is 0.417 e. The lowest BCUT2D eigenvalue weighted by atomic mass is 10.2. The number of pyridine rings is 1. The number of hydrogen-bond acceptors (Lipinski definition) is 3. The highest BCUT2D eigenvalue weighted by Gasteiger charge is 2.33. The molecule has 2 aromatic carbocycles. The number of fused-ring (bicyclic) bond motifs is 1. The van der Waals surface area contributed by atoms with E-state index in [9.17, 15) is 18.0 Å². The van der Waals surface area contributed by atoms with E-state index in [1.807, 2.05) is 22.9 Å². The molecule has 4 rings (SSSR count). The van der Waals surface area contributed by atoms with Gasteiger partial charge < -0.3 is 20.9 Å². The summed E-state index contributed by atoms with van der Waals surface area (Å²) in [4.78, 5) is 16.3. The van der Waals surface area contributed by atoms with Crippen molar-refractivity contribution in [2.45, 2.75) is 6.18 Å². The van der Waals surface area contributed by atoms with Crippen LogP contribution in [0.25, 0.3) is 16.6 Å². The minimum Gasteiger partial charge on any atom is -0.383 e. The Labute approximate surface area is 179 Å². The van der Waals surface area contributed by atoms with Gasteiger partial charge in [-0.15, -0.1) is 0 Å². The molecule has 4 N–H and O–H groups in total. The quantitative estimate of drug-likeness (QED) is 0.365. The summed E-state index contributed by atoms with van der Waals surface area (Å²) in [5, 5.41) is 5.33. The van der Waals surface area contributed by atoms with Crippen molar-refractivity contribution < 1.29 is 18.0 Å². The topological polar surface area (TPSA) is 85.0 Å². The van der Waals surface area contributed by atoms with Gasteiger partial charge >= 0.3 is 12.2 Å². The van der Waals surface area contributed by atoms with Crippen molar-refractivity contribution in [1.82, 2.24) is 9.55 Å². The van der Waals surface area contributed by atoms with Gasteiger partial charge in [-0.3, -0.25) is 0 Å². The summed E-state index contributed by atoms with van der Waals surface area (Å²) >= 11 is 5.59. The van der Waals surface area contributed by atoms with Crippen molar-refractivity contribution in [3.8, 4) is 5.69 Å². The number of rotatable bonds is 3. The fourth-order valence-corrected chi connectivity index (χ4v) is 3.36. The van der Waals surface area contributed by atoms with Gasteiger partial charge in [-0.2, -0.15) is 13.2 Å². The fraction of sp³-hybridized carbons (Fsp3) is 0.0476. The number of carbonyl (C=O) groups is 1. The lowest BCUT2D eigenvalue weighted by molar-refractivity contribution is -0.137. The van der Waals surface area contributed by atoms with Crippen LogP contribution in [0.15, 0.2) is 67.0 Å². The normalized spacial score (nSPS) is 11.5. The third-order valence-corrected chi connectivity index (χ3v) is 4.91. The molecule has 0 aliphatic carbocycles. The molecule has 2 heterocycles. The van der Waals surface area contributed by atoms with Crippen molar-refractivity contribution in [3.05, 3.63) is 77.6 Å². The maximum Gasteiger partial charge on any atom is 0.417 e. The number of alkyl halides is 3. The predicted octanol–water partition coefficient (Wildman–Crippen LogP) is 5.92. The first-order valence-corrected chi connectivity index (χ1v) is 9.37. The monoisotopic (exact) mass is 445 g/mol. The molecule has 4 aromatic rings.